The lowest BCUT2D eigenvalue weighted by atomic mass is 9.97. The first-order valence-corrected chi connectivity index (χ1v) is 7.02. The fraction of sp³-hybridized carbons (Fsp3) is 0.333. The number of carbonyl (C=O) groups excluding carboxylic acids is 1. The number of nitrogens with one attached hydrogen (secondary N) is 1. The number of β-amino-alcohol motifs (C(OH)–C–C–N with tert-alkyl or cyclic N) is 1. The first kappa shape index (κ1) is 15.5. The Kier molecular flexibility index (Phi) is 3.85. The number of halogens is 3. The van der Waals surface area contributed by atoms with Crippen LogP contribution in [0.25, 0.3) is 0 Å². The molecule has 1 aromatic heterocycles. The van der Waals surface area contributed by atoms with Crippen LogP contribution in [0.4, 0.5) is 13.2 Å². The lowest BCUT2D eigenvalue weighted by Crippen LogP contribution is -2.32. The van der Waals surface area contributed by atoms with Crippen LogP contribution < -0.4 is 0 Å². The van der Waals surface area contributed by atoms with Crippen LogP contribution in [0.2, 0.25) is 0 Å². The van der Waals surface area contributed by atoms with Crippen molar-refractivity contribution in [2.75, 3.05) is 6.54 Å². The van der Waals surface area contributed by atoms with Crippen molar-refractivity contribution >= 4 is 5.91 Å². The van der Waals surface area contributed by atoms with Crippen molar-refractivity contribution in [1.82, 2.24) is 15.1 Å². The van der Waals surface area contributed by atoms with Gasteiger partial charge in [0.2, 0.25) is 0 Å². The molecule has 2 heterocycles. The maximum Gasteiger partial charge on any atom is 0.416 e. The van der Waals surface area contributed by atoms with Gasteiger partial charge in [0.25, 0.3) is 5.91 Å². The van der Waals surface area contributed by atoms with E-state index in [2.05, 4.69) is 10.2 Å². The van der Waals surface area contributed by atoms with Crippen LogP contribution in [-0.4, -0.2) is 38.8 Å². The highest BCUT2D eigenvalue weighted by atomic mass is 19.4. The molecule has 0 bridgehead atoms. The highest BCUT2D eigenvalue weighted by Crippen LogP contribution is 2.40. The van der Waals surface area contributed by atoms with Crippen molar-refractivity contribution < 1.29 is 23.1 Å². The first-order valence-electron chi connectivity index (χ1n) is 7.02. The van der Waals surface area contributed by atoms with Gasteiger partial charge in [-0.25, -0.2) is 0 Å². The molecular formula is C15H14F3N3O2. The van der Waals surface area contributed by atoms with Gasteiger partial charge in [0.15, 0.2) is 0 Å². The largest absolute Gasteiger partial charge is 0.416 e. The van der Waals surface area contributed by atoms with Gasteiger partial charge in [-0.2, -0.15) is 18.3 Å². The van der Waals surface area contributed by atoms with Crippen LogP contribution in [0.15, 0.2) is 36.7 Å². The Hall–Kier alpha value is -2.35. The minimum Gasteiger partial charge on any atom is -0.391 e. The van der Waals surface area contributed by atoms with E-state index in [1.807, 2.05) is 0 Å². The lowest BCUT2D eigenvalue weighted by Gasteiger charge is -2.26. The SMILES string of the molecule is O=C(c1cn[nH]c1)N1CC(O)CC1c1ccccc1C(F)(F)F. The molecule has 1 aliphatic heterocycles. The molecule has 2 atom stereocenters. The molecule has 1 aromatic carbocycles. The Balaban J connectivity index is 2.00. The van der Waals surface area contributed by atoms with E-state index in [0.29, 0.717) is 0 Å². The van der Waals surface area contributed by atoms with Gasteiger partial charge in [0.05, 0.1) is 29.5 Å². The molecule has 0 aliphatic carbocycles. The molecule has 3 rings (SSSR count). The van der Waals surface area contributed by atoms with Crippen molar-refractivity contribution in [2.45, 2.75) is 24.7 Å². The number of rotatable bonds is 2. The lowest BCUT2D eigenvalue weighted by molar-refractivity contribution is -0.138. The number of hydrogen-bond acceptors (Lipinski definition) is 3. The summed E-state index contributed by atoms with van der Waals surface area (Å²) in [5.74, 6) is -0.461. The minimum absolute atomic E-state index is 0.00612. The maximum absolute atomic E-state index is 13.2. The van der Waals surface area contributed by atoms with Gasteiger partial charge in [0, 0.05) is 12.7 Å². The van der Waals surface area contributed by atoms with Gasteiger partial charge >= 0.3 is 6.18 Å². The van der Waals surface area contributed by atoms with Crippen molar-refractivity contribution in [3.63, 3.8) is 0 Å². The van der Waals surface area contributed by atoms with Crippen LogP contribution >= 0.6 is 0 Å². The summed E-state index contributed by atoms with van der Waals surface area (Å²) in [4.78, 5) is 13.7. The van der Waals surface area contributed by atoms with Gasteiger partial charge in [0.1, 0.15) is 0 Å². The third-order valence-corrected chi connectivity index (χ3v) is 3.91. The molecule has 2 aromatic rings. The standard InChI is InChI=1S/C15H14F3N3O2/c16-15(17,18)12-4-2-1-3-11(12)13-5-10(22)8-21(13)14(23)9-6-19-20-7-9/h1-4,6-7,10,13,22H,5,8H2,(H,19,20). The zero-order valence-corrected chi connectivity index (χ0v) is 11.9. The van der Waals surface area contributed by atoms with Crippen molar-refractivity contribution in [3.05, 3.63) is 53.3 Å². The molecule has 1 amide bonds. The number of amides is 1. The summed E-state index contributed by atoms with van der Waals surface area (Å²) in [6.45, 7) is -0.0130. The number of benzene rings is 1. The molecule has 1 saturated heterocycles. The average Bonchev–Trinajstić information content (AvgIpc) is 3.15. The van der Waals surface area contributed by atoms with E-state index >= 15 is 0 Å². The van der Waals surface area contributed by atoms with Gasteiger partial charge in [-0.15, -0.1) is 0 Å². The number of hydrogen-bond donors (Lipinski definition) is 2. The summed E-state index contributed by atoms with van der Waals surface area (Å²) in [5.41, 5.74) is -0.550. The fourth-order valence-corrected chi connectivity index (χ4v) is 2.91. The molecule has 0 saturated carbocycles. The molecule has 1 fully saturated rings. The number of aliphatic hydroxyl groups is 1. The molecule has 2 N–H and O–H groups in total. The predicted molar refractivity (Wildman–Crippen MR) is 74.4 cm³/mol. The van der Waals surface area contributed by atoms with Crippen LogP contribution in [0.1, 0.15) is 33.9 Å². The summed E-state index contributed by atoms with van der Waals surface area (Å²) in [6, 6.07) is 4.31. The summed E-state index contributed by atoms with van der Waals surface area (Å²) in [7, 11) is 0. The minimum atomic E-state index is -4.52. The molecule has 1 aliphatic rings. The van der Waals surface area contributed by atoms with Crippen LogP contribution in [-0.2, 0) is 6.18 Å². The molecule has 5 nitrogen and oxygen atoms in total. The Morgan fingerprint density at radius 2 is 2.09 bits per heavy atom. The molecule has 8 heteroatoms. The Morgan fingerprint density at radius 3 is 2.74 bits per heavy atom. The summed E-state index contributed by atoms with van der Waals surface area (Å²) in [5, 5.41) is 16.0. The molecule has 0 spiro atoms. The number of aromatic nitrogens is 2. The first-order chi connectivity index (χ1) is 10.9. The molecular weight excluding hydrogens is 311 g/mol. The number of aromatic amines is 1. The third kappa shape index (κ3) is 2.94. The van der Waals surface area contributed by atoms with Crippen molar-refractivity contribution in [3.8, 4) is 0 Å². The zero-order valence-electron chi connectivity index (χ0n) is 11.9. The predicted octanol–water partition coefficient (Wildman–Crippen LogP) is 2.38. The molecule has 122 valence electrons. The van der Waals surface area contributed by atoms with E-state index in [1.165, 1.54) is 35.5 Å². The van der Waals surface area contributed by atoms with Crippen LogP contribution in [0.5, 0.6) is 0 Å². The number of H-pyrrole nitrogens is 1. The highest BCUT2D eigenvalue weighted by Gasteiger charge is 2.41. The quantitative estimate of drug-likeness (QED) is 0.891. The number of carbonyl (C=O) groups is 1. The summed E-state index contributed by atoms with van der Waals surface area (Å²) in [6.07, 6.45) is -2.64. The zero-order chi connectivity index (χ0) is 16.6. The summed E-state index contributed by atoms with van der Waals surface area (Å²) < 4.78 is 39.7. The van der Waals surface area contributed by atoms with Crippen molar-refractivity contribution in [1.29, 1.82) is 0 Å². The molecule has 0 radical (unpaired) electrons. The molecule has 2 unspecified atom stereocenters. The third-order valence-electron chi connectivity index (χ3n) is 3.91. The van der Waals surface area contributed by atoms with Crippen LogP contribution in [0.3, 0.4) is 0 Å². The molecule has 23 heavy (non-hydrogen) atoms. The van der Waals surface area contributed by atoms with E-state index in [1.54, 1.807) is 0 Å². The van der Waals surface area contributed by atoms with Gasteiger partial charge in [-0.3, -0.25) is 9.89 Å². The van der Waals surface area contributed by atoms with Gasteiger partial charge < -0.3 is 10.0 Å². The van der Waals surface area contributed by atoms with Crippen LogP contribution in [0, 0.1) is 0 Å². The second-order valence-corrected chi connectivity index (χ2v) is 5.43. The second kappa shape index (κ2) is 5.69. The number of alkyl halides is 3. The smallest absolute Gasteiger partial charge is 0.391 e. The highest BCUT2D eigenvalue weighted by molar-refractivity contribution is 5.94. The Morgan fingerprint density at radius 1 is 1.35 bits per heavy atom. The van der Waals surface area contributed by atoms with Gasteiger partial charge in [-0.05, 0) is 18.1 Å². The number of nitrogens with zero attached hydrogens (tertiary/aromatic N) is 2. The Labute approximate surface area is 129 Å². The number of aliphatic hydroxyl groups excluding tert-OH is 1. The topological polar surface area (TPSA) is 69.2 Å². The van der Waals surface area contributed by atoms with Gasteiger partial charge in [-0.1, -0.05) is 18.2 Å². The monoisotopic (exact) mass is 325 g/mol. The maximum atomic E-state index is 13.2. The van der Waals surface area contributed by atoms with Crippen molar-refractivity contribution in [2.24, 2.45) is 0 Å². The van der Waals surface area contributed by atoms with E-state index in [9.17, 15) is 23.1 Å². The Bertz CT molecular complexity index is 700. The summed E-state index contributed by atoms with van der Waals surface area (Å²) >= 11 is 0. The number of likely N-dealkylation sites (tertiary alicyclic amines) is 1. The second-order valence-electron chi connectivity index (χ2n) is 5.43. The van der Waals surface area contributed by atoms with E-state index < -0.39 is 29.8 Å². The van der Waals surface area contributed by atoms with E-state index in [0.717, 1.165) is 6.07 Å². The fourth-order valence-electron chi connectivity index (χ4n) is 2.91. The van der Waals surface area contributed by atoms with E-state index in [-0.39, 0.29) is 24.1 Å². The van der Waals surface area contributed by atoms with E-state index in [4.69, 9.17) is 0 Å². The normalized spacial score (nSPS) is 21.7. The average molecular weight is 325 g/mol.